The van der Waals surface area contributed by atoms with E-state index in [0.717, 1.165) is 16.9 Å². The van der Waals surface area contributed by atoms with Gasteiger partial charge in [-0.15, -0.1) is 0 Å². The van der Waals surface area contributed by atoms with Gasteiger partial charge in [0.1, 0.15) is 42.1 Å². The van der Waals surface area contributed by atoms with Crippen LogP contribution >= 0.6 is 0 Å². The van der Waals surface area contributed by atoms with E-state index in [1.54, 1.807) is 34.5 Å². The van der Waals surface area contributed by atoms with Crippen molar-refractivity contribution in [1.29, 1.82) is 0 Å². The number of aryl methyl sites for hydroxylation is 1. The first kappa shape index (κ1) is 42.1. The predicted molar refractivity (Wildman–Crippen MR) is 198 cm³/mol. The molecule has 7 rings (SSSR count). The molecule has 18 atom stereocenters. The number of ether oxygens (including phenoxy) is 9. The van der Waals surface area contributed by atoms with E-state index in [1.807, 2.05) is 40.7 Å². The number of rotatable bonds is 10. The minimum atomic E-state index is -1.32. The van der Waals surface area contributed by atoms with Crippen LogP contribution in [0.5, 0.6) is 0 Å². The molecular formula is C42H62O14. The Hall–Kier alpha value is -2.08. The zero-order chi connectivity index (χ0) is 40.3. The Balaban J connectivity index is 0.968. The van der Waals surface area contributed by atoms with Crippen LogP contribution in [0.25, 0.3) is 0 Å². The van der Waals surface area contributed by atoms with Crippen molar-refractivity contribution in [2.24, 2.45) is 17.3 Å². The monoisotopic (exact) mass is 790 g/mol. The smallest absolute Gasteiger partial charge is 0.191 e. The van der Waals surface area contributed by atoms with Crippen LogP contribution in [-0.2, 0) is 57.6 Å². The highest BCUT2D eigenvalue weighted by Crippen LogP contribution is 2.58. The molecule has 0 spiro atoms. The van der Waals surface area contributed by atoms with Crippen molar-refractivity contribution in [2.45, 2.75) is 178 Å². The summed E-state index contributed by atoms with van der Waals surface area (Å²) in [6, 6.07) is 1.89. The first-order chi connectivity index (χ1) is 26.6. The van der Waals surface area contributed by atoms with Gasteiger partial charge in [0.15, 0.2) is 24.7 Å². The first-order valence-corrected chi connectivity index (χ1v) is 20.3. The van der Waals surface area contributed by atoms with Crippen molar-refractivity contribution >= 4 is 11.6 Å². The molecule has 1 aromatic rings. The van der Waals surface area contributed by atoms with Crippen molar-refractivity contribution in [3.63, 3.8) is 0 Å². The molecule has 14 nitrogen and oxygen atoms in total. The number of hydrogen-bond donors (Lipinski definition) is 2. The summed E-state index contributed by atoms with van der Waals surface area (Å²) in [4.78, 5) is 28.1. The number of Topliss-reactive ketones (excluding diaryl/α,β-unsaturated/α-hetero) is 2. The normalized spacial score (nSPS) is 47.2. The Labute approximate surface area is 329 Å². The van der Waals surface area contributed by atoms with E-state index in [4.69, 9.17) is 47.0 Å². The molecule has 314 valence electrons. The standard InChI is InChI=1S/C42H62O14/c1-20-26(13-15-50-20)41(5)14-12-27-25(39(41)45)11-10-24-16-29(36(44)40(46)42(24,27)6)54-32-18-30(48-8)37(22(3)52-32)56-34-19-31(49-9)38(23(4)53-34)55-33-17-28(47-7)35(43)21(2)51-33/h10,13,15,21-23,25,27-35,37-38,40,43,46H,11-12,14,16-19H2,1-9H3/t21-,22-,23+,25-,27+,28+,29-,30+,31+,32+,33+,34+,35-,37-,38-,40-,41-,42+/m1/s1. The molecule has 0 amide bonds. The van der Waals surface area contributed by atoms with Gasteiger partial charge in [-0.05, 0) is 65.9 Å². The highest BCUT2D eigenvalue weighted by atomic mass is 16.7. The van der Waals surface area contributed by atoms with Gasteiger partial charge in [-0.1, -0.05) is 18.6 Å². The summed E-state index contributed by atoms with van der Waals surface area (Å²) in [5.74, 6) is 0.0287. The highest BCUT2D eigenvalue weighted by Gasteiger charge is 2.61. The second-order valence-corrected chi connectivity index (χ2v) is 17.3. The molecule has 0 aromatic carbocycles. The van der Waals surface area contributed by atoms with E-state index >= 15 is 0 Å². The quantitative estimate of drug-likeness (QED) is 0.325. The maximum absolute atomic E-state index is 14.1. The maximum atomic E-state index is 14.1. The molecule has 5 fully saturated rings. The fraction of sp³-hybridized carbons (Fsp3) is 0.810. The van der Waals surface area contributed by atoms with Gasteiger partial charge in [-0.25, -0.2) is 0 Å². The molecular weight excluding hydrogens is 728 g/mol. The average Bonchev–Trinajstić information content (AvgIpc) is 3.62. The van der Waals surface area contributed by atoms with Crippen molar-refractivity contribution < 1.29 is 66.9 Å². The molecule has 3 aliphatic carbocycles. The summed E-state index contributed by atoms with van der Waals surface area (Å²) >= 11 is 0. The Bertz CT molecular complexity index is 1590. The molecule has 0 radical (unpaired) electrons. The van der Waals surface area contributed by atoms with Gasteiger partial charge in [0.05, 0.1) is 48.3 Å². The average molecular weight is 791 g/mol. The van der Waals surface area contributed by atoms with Crippen LogP contribution in [0.2, 0.25) is 0 Å². The lowest BCUT2D eigenvalue weighted by Crippen LogP contribution is -2.61. The third-order valence-corrected chi connectivity index (χ3v) is 14.2. The van der Waals surface area contributed by atoms with Crippen LogP contribution in [0, 0.1) is 24.2 Å². The van der Waals surface area contributed by atoms with Gasteiger partial charge in [0.25, 0.3) is 0 Å². The fourth-order valence-corrected chi connectivity index (χ4v) is 10.8. The van der Waals surface area contributed by atoms with Crippen molar-refractivity contribution in [2.75, 3.05) is 21.3 Å². The van der Waals surface area contributed by atoms with Crippen LogP contribution in [0.4, 0.5) is 0 Å². The predicted octanol–water partition coefficient (Wildman–Crippen LogP) is 4.08. The largest absolute Gasteiger partial charge is 0.469 e. The molecule has 56 heavy (non-hydrogen) atoms. The zero-order valence-electron chi connectivity index (χ0n) is 34.2. The summed E-state index contributed by atoms with van der Waals surface area (Å²) in [5.41, 5.74) is 0.339. The number of hydrogen-bond acceptors (Lipinski definition) is 14. The number of fused-ring (bicyclic) bond motifs is 3. The molecule has 2 saturated carbocycles. The topological polar surface area (TPSA) is 171 Å². The molecule has 1 aromatic heterocycles. The van der Waals surface area contributed by atoms with Crippen LogP contribution < -0.4 is 0 Å². The van der Waals surface area contributed by atoms with Gasteiger partial charge in [-0.3, -0.25) is 9.59 Å². The van der Waals surface area contributed by atoms with E-state index in [2.05, 4.69) is 6.08 Å². The lowest BCUT2D eigenvalue weighted by molar-refractivity contribution is -0.338. The summed E-state index contributed by atoms with van der Waals surface area (Å²) in [6.07, 6.45) is -1.67. The molecule has 2 N–H and O–H groups in total. The Morgan fingerprint density at radius 3 is 1.89 bits per heavy atom. The third kappa shape index (κ3) is 7.40. The zero-order valence-corrected chi connectivity index (χ0v) is 34.2. The van der Waals surface area contributed by atoms with Crippen LogP contribution in [-0.4, -0.2) is 129 Å². The number of furan rings is 1. The van der Waals surface area contributed by atoms with E-state index in [1.165, 1.54) is 0 Å². The minimum Gasteiger partial charge on any atom is -0.469 e. The Morgan fingerprint density at radius 2 is 1.34 bits per heavy atom. The van der Waals surface area contributed by atoms with Gasteiger partial charge in [0.2, 0.25) is 0 Å². The highest BCUT2D eigenvalue weighted by molar-refractivity contribution is 5.95. The number of carbonyl (C=O) groups is 2. The summed E-state index contributed by atoms with van der Waals surface area (Å²) < 4.78 is 60.6. The molecule has 6 aliphatic rings. The molecule has 14 heteroatoms. The SMILES string of the molecule is CO[C@H]1C[C@H](O[C@@H]2[C@H](C)O[C@@H](O[C@H]3[C@@H](OC)C[C@H](O[C@@H]4CC5=CC[C@H]6C(=O)[C@@](C)(c7ccoc7C)CC[C@@H]6[C@@]5(C)[C@H](O)C4=O)O[C@@H]3C)C[C@@H]2OC)O[C@H](C)[C@H]1O. The van der Waals surface area contributed by atoms with Gasteiger partial charge >= 0.3 is 0 Å². The van der Waals surface area contributed by atoms with Crippen LogP contribution in [0.15, 0.2) is 28.4 Å². The van der Waals surface area contributed by atoms with Crippen molar-refractivity contribution in [3.8, 4) is 0 Å². The summed E-state index contributed by atoms with van der Waals surface area (Å²) in [6.45, 7) is 11.4. The lowest BCUT2D eigenvalue weighted by Gasteiger charge is -2.55. The number of allylic oxidation sites excluding steroid dienone is 1. The second-order valence-electron chi connectivity index (χ2n) is 17.3. The van der Waals surface area contributed by atoms with Crippen molar-refractivity contribution in [1.82, 2.24) is 0 Å². The molecule has 3 aliphatic heterocycles. The van der Waals surface area contributed by atoms with Crippen molar-refractivity contribution in [3.05, 3.63) is 35.3 Å². The van der Waals surface area contributed by atoms with E-state index in [0.29, 0.717) is 44.9 Å². The number of methoxy groups -OCH3 is 3. The number of aliphatic hydroxyl groups is 2. The van der Waals surface area contributed by atoms with Gasteiger partial charge in [-0.2, -0.15) is 0 Å². The first-order valence-electron chi connectivity index (χ1n) is 20.3. The number of carbonyl (C=O) groups excluding carboxylic acids is 2. The molecule has 4 heterocycles. The summed E-state index contributed by atoms with van der Waals surface area (Å²) in [5, 5.41) is 22.2. The van der Waals surface area contributed by atoms with E-state index in [9.17, 15) is 19.8 Å². The Morgan fingerprint density at radius 1 is 0.786 bits per heavy atom. The Kier molecular flexibility index (Phi) is 12.4. The fourth-order valence-electron chi connectivity index (χ4n) is 10.8. The van der Waals surface area contributed by atoms with E-state index < -0.39 is 96.5 Å². The molecule has 0 bridgehead atoms. The van der Waals surface area contributed by atoms with Gasteiger partial charge in [0, 0.05) is 63.9 Å². The van der Waals surface area contributed by atoms with Gasteiger partial charge < -0.3 is 57.3 Å². The maximum Gasteiger partial charge on any atom is 0.191 e. The molecule has 0 unspecified atom stereocenters. The second kappa shape index (κ2) is 16.5. The number of ketones is 2. The van der Waals surface area contributed by atoms with Crippen LogP contribution in [0.1, 0.15) is 90.9 Å². The minimum absolute atomic E-state index is 0.143. The lowest BCUT2D eigenvalue weighted by atomic mass is 9.48. The molecule has 3 saturated heterocycles. The summed E-state index contributed by atoms with van der Waals surface area (Å²) in [7, 11) is 4.79. The van der Waals surface area contributed by atoms with E-state index in [-0.39, 0.29) is 23.7 Å². The number of aliphatic hydroxyl groups excluding tert-OH is 2. The third-order valence-electron chi connectivity index (χ3n) is 14.2. The van der Waals surface area contributed by atoms with Crippen LogP contribution in [0.3, 0.4) is 0 Å².